The summed E-state index contributed by atoms with van der Waals surface area (Å²) >= 11 is 0. The van der Waals surface area contributed by atoms with Crippen LogP contribution in [0.4, 0.5) is 5.69 Å². The van der Waals surface area contributed by atoms with E-state index >= 15 is 0 Å². The van der Waals surface area contributed by atoms with E-state index < -0.39 is 17.9 Å². The Kier molecular flexibility index (Phi) is 6.06. The zero-order valence-corrected chi connectivity index (χ0v) is 16.0. The number of hydrogen-bond donors (Lipinski definition) is 2. The Morgan fingerprint density at radius 3 is 2.39 bits per heavy atom. The molecule has 1 aliphatic heterocycles. The van der Waals surface area contributed by atoms with Gasteiger partial charge in [-0.25, -0.2) is 0 Å². The first-order valence-corrected chi connectivity index (χ1v) is 9.15. The van der Waals surface area contributed by atoms with Crippen molar-refractivity contribution in [3.63, 3.8) is 0 Å². The van der Waals surface area contributed by atoms with Crippen LogP contribution in [-0.4, -0.2) is 49.8 Å². The number of hydrogen-bond acceptors (Lipinski definition) is 4. The lowest BCUT2D eigenvalue weighted by Gasteiger charge is -2.18. The van der Waals surface area contributed by atoms with E-state index in [1.165, 1.54) is 0 Å². The highest BCUT2D eigenvalue weighted by Crippen LogP contribution is 2.36. The van der Waals surface area contributed by atoms with Crippen molar-refractivity contribution < 1.29 is 14.4 Å². The lowest BCUT2D eigenvalue weighted by Crippen LogP contribution is -2.45. The largest absolute Gasteiger partial charge is 0.347 e. The first-order valence-electron chi connectivity index (χ1n) is 9.15. The number of nitrogens with zero attached hydrogens (tertiary/aromatic N) is 2. The van der Waals surface area contributed by atoms with Crippen LogP contribution in [0.3, 0.4) is 0 Å². The van der Waals surface area contributed by atoms with Gasteiger partial charge >= 0.3 is 11.8 Å². The molecule has 1 unspecified atom stereocenters. The maximum atomic E-state index is 13.0. The summed E-state index contributed by atoms with van der Waals surface area (Å²) in [5.74, 6) is -1.80. The molecule has 1 atom stereocenters. The SMILES string of the molecule is CN(C)CCNC(=O)C(=O)NC1C(=O)N(Cc2ccccc2)c2ccccc21. The number of rotatable bonds is 6. The van der Waals surface area contributed by atoms with E-state index in [0.29, 0.717) is 25.2 Å². The molecule has 0 saturated carbocycles. The highest BCUT2D eigenvalue weighted by atomic mass is 16.2. The zero-order valence-electron chi connectivity index (χ0n) is 16.0. The molecule has 3 rings (SSSR count). The Hall–Kier alpha value is -3.19. The highest BCUT2D eigenvalue weighted by molar-refractivity contribution is 6.35. The van der Waals surface area contributed by atoms with Crippen LogP contribution in [0.5, 0.6) is 0 Å². The van der Waals surface area contributed by atoms with Crippen LogP contribution in [0.15, 0.2) is 54.6 Å². The number of para-hydroxylation sites is 1. The average molecular weight is 380 g/mol. The predicted molar refractivity (Wildman–Crippen MR) is 107 cm³/mol. The molecular formula is C21H24N4O3. The van der Waals surface area contributed by atoms with E-state index in [0.717, 1.165) is 11.3 Å². The van der Waals surface area contributed by atoms with Crippen LogP contribution in [0.1, 0.15) is 17.2 Å². The molecule has 0 radical (unpaired) electrons. The minimum atomic E-state index is -0.869. The van der Waals surface area contributed by atoms with E-state index in [4.69, 9.17) is 0 Å². The second-order valence-electron chi connectivity index (χ2n) is 6.93. The number of fused-ring (bicyclic) bond motifs is 1. The Labute approximate surface area is 164 Å². The fourth-order valence-corrected chi connectivity index (χ4v) is 3.12. The molecule has 0 saturated heterocycles. The van der Waals surface area contributed by atoms with Gasteiger partial charge in [0.2, 0.25) is 0 Å². The van der Waals surface area contributed by atoms with E-state index in [2.05, 4.69) is 10.6 Å². The molecule has 3 amide bonds. The maximum Gasteiger partial charge on any atom is 0.310 e. The minimum Gasteiger partial charge on any atom is -0.347 e. The van der Waals surface area contributed by atoms with Gasteiger partial charge in [-0.05, 0) is 25.7 Å². The number of amides is 3. The molecule has 0 bridgehead atoms. The van der Waals surface area contributed by atoms with Gasteiger partial charge in [0.15, 0.2) is 0 Å². The monoisotopic (exact) mass is 380 g/mol. The quantitative estimate of drug-likeness (QED) is 0.735. The molecule has 2 N–H and O–H groups in total. The third-order valence-corrected chi connectivity index (χ3v) is 4.56. The normalized spacial score (nSPS) is 15.5. The molecule has 7 heteroatoms. The zero-order chi connectivity index (χ0) is 20.1. The number of carbonyl (C=O) groups is 3. The van der Waals surface area contributed by atoms with Crippen LogP contribution in [0, 0.1) is 0 Å². The Balaban J connectivity index is 1.72. The maximum absolute atomic E-state index is 13.0. The Morgan fingerprint density at radius 1 is 1.00 bits per heavy atom. The second kappa shape index (κ2) is 8.67. The van der Waals surface area contributed by atoms with Crippen LogP contribution in [0.25, 0.3) is 0 Å². The van der Waals surface area contributed by atoms with Crippen LogP contribution in [0.2, 0.25) is 0 Å². The molecule has 0 fully saturated rings. The summed E-state index contributed by atoms with van der Waals surface area (Å²) < 4.78 is 0. The highest BCUT2D eigenvalue weighted by Gasteiger charge is 2.38. The average Bonchev–Trinajstić information content (AvgIpc) is 2.94. The van der Waals surface area contributed by atoms with Crippen molar-refractivity contribution in [2.24, 2.45) is 0 Å². The summed E-state index contributed by atoms with van der Waals surface area (Å²) in [4.78, 5) is 40.9. The topological polar surface area (TPSA) is 81.8 Å². The smallest absolute Gasteiger partial charge is 0.310 e. The van der Waals surface area contributed by atoms with Gasteiger partial charge in [-0.3, -0.25) is 14.4 Å². The predicted octanol–water partition coefficient (Wildman–Crippen LogP) is 1.07. The molecule has 0 spiro atoms. The van der Waals surface area contributed by atoms with Gasteiger partial charge in [-0.1, -0.05) is 48.5 Å². The standard InChI is InChI=1S/C21H24N4O3/c1-24(2)13-12-22-19(26)20(27)23-18-16-10-6-7-11-17(16)25(21(18)28)14-15-8-4-3-5-9-15/h3-11,18H,12-14H2,1-2H3,(H,22,26)(H,23,27). The van der Waals surface area contributed by atoms with Crippen molar-refractivity contribution in [2.45, 2.75) is 12.6 Å². The van der Waals surface area contributed by atoms with E-state index in [9.17, 15) is 14.4 Å². The fourth-order valence-electron chi connectivity index (χ4n) is 3.12. The van der Waals surface area contributed by atoms with Gasteiger partial charge in [0.05, 0.1) is 6.54 Å². The first-order chi connectivity index (χ1) is 13.5. The van der Waals surface area contributed by atoms with Gasteiger partial charge in [-0.2, -0.15) is 0 Å². The lowest BCUT2D eigenvalue weighted by atomic mass is 10.1. The minimum absolute atomic E-state index is 0.250. The number of anilines is 1. The fraction of sp³-hybridized carbons (Fsp3) is 0.286. The summed E-state index contributed by atoms with van der Waals surface area (Å²) in [6.07, 6.45) is 0. The third-order valence-electron chi connectivity index (χ3n) is 4.56. The Bertz CT molecular complexity index is 867. The molecule has 28 heavy (non-hydrogen) atoms. The van der Waals surface area contributed by atoms with Gasteiger partial charge in [0, 0.05) is 24.3 Å². The summed E-state index contributed by atoms with van der Waals surface area (Å²) in [5.41, 5.74) is 2.42. The van der Waals surface area contributed by atoms with Crippen LogP contribution in [-0.2, 0) is 20.9 Å². The second-order valence-corrected chi connectivity index (χ2v) is 6.93. The van der Waals surface area contributed by atoms with Crippen LogP contribution < -0.4 is 15.5 Å². The first kappa shape index (κ1) is 19.6. The van der Waals surface area contributed by atoms with Gasteiger partial charge in [-0.15, -0.1) is 0 Å². The van der Waals surface area contributed by atoms with E-state index in [1.54, 1.807) is 11.0 Å². The number of carbonyl (C=O) groups excluding carboxylic acids is 3. The molecule has 0 aromatic heterocycles. The molecule has 1 heterocycles. The van der Waals surface area contributed by atoms with Crippen molar-refractivity contribution >= 4 is 23.4 Å². The molecule has 2 aromatic carbocycles. The van der Waals surface area contributed by atoms with Crippen molar-refractivity contribution in [2.75, 3.05) is 32.1 Å². The summed E-state index contributed by atoms with van der Waals surface area (Å²) in [6.45, 7) is 1.38. The van der Waals surface area contributed by atoms with E-state index in [-0.39, 0.29) is 5.91 Å². The van der Waals surface area contributed by atoms with Crippen molar-refractivity contribution in [3.05, 3.63) is 65.7 Å². The summed E-state index contributed by atoms with van der Waals surface area (Å²) in [7, 11) is 3.75. The number of nitrogens with one attached hydrogen (secondary N) is 2. The molecule has 0 aliphatic carbocycles. The van der Waals surface area contributed by atoms with Crippen molar-refractivity contribution in [1.29, 1.82) is 0 Å². The van der Waals surface area contributed by atoms with Crippen molar-refractivity contribution in [1.82, 2.24) is 15.5 Å². The molecular weight excluding hydrogens is 356 g/mol. The molecule has 146 valence electrons. The third kappa shape index (κ3) is 4.37. The number of likely N-dealkylation sites (N-methyl/N-ethyl adjacent to an activating group) is 1. The van der Waals surface area contributed by atoms with Gasteiger partial charge in [0.25, 0.3) is 5.91 Å². The molecule has 7 nitrogen and oxygen atoms in total. The number of benzene rings is 2. The lowest BCUT2D eigenvalue weighted by molar-refractivity contribution is -0.140. The van der Waals surface area contributed by atoms with Crippen molar-refractivity contribution in [3.8, 4) is 0 Å². The van der Waals surface area contributed by atoms with Gasteiger partial charge < -0.3 is 20.4 Å². The summed E-state index contributed by atoms with van der Waals surface area (Å²) in [5, 5.41) is 5.14. The van der Waals surface area contributed by atoms with E-state index in [1.807, 2.05) is 67.5 Å². The van der Waals surface area contributed by atoms with Gasteiger partial charge in [0.1, 0.15) is 6.04 Å². The molecule has 2 aromatic rings. The molecule has 1 aliphatic rings. The summed E-state index contributed by atoms with van der Waals surface area (Å²) in [6, 6.07) is 16.1. The Morgan fingerprint density at radius 2 is 1.68 bits per heavy atom. The van der Waals surface area contributed by atoms with Crippen LogP contribution >= 0.6 is 0 Å².